The minimum absolute atomic E-state index is 0.241. The molecule has 0 atom stereocenters. The maximum absolute atomic E-state index is 12.9. The summed E-state index contributed by atoms with van der Waals surface area (Å²) in [5.41, 5.74) is 3.56. The number of carbonyl (C=O) groups excluding carboxylic acids is 2. The summed E-state index contributed by atoms with van der Waals surface area (Å²) < 4.78 is 12.4. The highest BCUT2D eigenvalue weighted by atomic mass is 32.1. The molecule has 3 rings (SSSR count). The molecule has 0 spiro atoms. The highest BCUT2D eigenvalue weighted by Crippen LogP contribution is 2.37. The number of benzene rings is 1. The Morgan fingerprint density at radius 1 is 1.28 bits per heavy atom. The van der Waals surface area contributed by atoms with Crippen LogP contribution < -0.4 is 14.8 Å². The molecule has 2 aromatic heterocycles. The van der Waals surface area contributed by atoms with Crippen LogP contribution in [0.3, 0.4) is 0 Å². The summed E-state index contributed by atoms with van der Waals surface area (Å²) in [6.45, 7) is 0.368. The molecule has 9 nitrogen and oxygen atoms in total. The van der Waals surface area contributed by atoms with Gasteiger partial charge in [-0.25, -0.2) is 9.97 Å². The van der Waals surface area contributed by atoms with Crippen molar-refractivity contribution < 1.29 is 19.1 Å². The van der Waals surface area contributed by atoms with E-state index in [9.17, 15) is 9.59 Å². The standard InChI is InChI=1S/C19H21N5O4S/c1-23(8-13-9-29-11-21-13)19(26)12-5-14(17(28-4)16(6-12)27-3)22-18(25)15-7-20-10-24(15)2/h5-7,9-11H,8H2,1-4H3,(H,22,25). The van der Waals surface area contributed by atoms with Crippen LogP contribution in [-0.4, -0.2) is 52.5 Å². The number of anilines is 1. The number of thiazole rings is 1. The zero-order valence-corrected chi connectivity index (χ0v) is 17.3. The third-order valence-corrected chi connectivity index (χ3v) is 4.89. The summed E-state index contributed by atoms with van der Waals surface area (Å²) in [6.07, 6.45) is 2.98. The first kappa shape index (κ1) is 20.3. The number of rotatable bonds is 7. The van der Waals surface area contributed by atoms with E-state index >= 15 is 0 Å². The van der Waals surface area contributed by atoms with Crippen LogP contribution in [0.1, 0.15) is 26.5 Å². The van der Waals surface area contributed by atoms with Gasteiger partial charge in [0.05, 0.1) is 50.2 Å². The quantitative estimate of drug-likeness (QED) is 0.636. The van der Waals surface area contributed by atoms with E-state index < -0.39 is 0 Å². The van der Waals surface area contributed by atoms with E-state index in [1.165, 1.54) is 38.1 Å². The van der Waals surface area contributed by atoms with Crippen molar-refractivity contribution in [1.29, 1.82) is 0 Å². The van der Waals surface area contributed by atoms with Gasteiger partial charge in [-0.1, -0.05) is 0 Å². The molecule has 152 valence electrons. The number of hydrogen-bond donors (Lipinski definition) is 1. The average molecular weight is 415 g/mol. The summed E-state index contributed by atoms with van der Waals surface area (Å²) >= 11 is 1.47. The van der Waals surface area contributed by atoms with Crippen LogP contribution in [0.5, 0.6) is 11.5 Å². The minimum Gasteiger partial charge on any atom is -0.493 e. The van der Waals surface area contributed by atoms with Crippen LogP contribution in [0, 0.1) is 0 Å². The third kappa shape index (κ3) is 4.37. The van der Waals surface area contributed by atoms with Crippen LogP contribution in [0.4, 0.5) is 5.69 Å². The fraction of sp³-hybridized carbons (Fsp3) is 0.263. The summed E-state index contributed by atoms with van der Waals surface area (Å²) in [4.78, 5) is 35.2. The van der Waals surface area contributed by atoms with Crippen LogP contribution in [0.2, 0.25) is 0 Å². The lowest BCUT2D eigenvalue weighted by atomic mass is 10.1. The number of methoxy groups -OCH3 is 2. The number of hydrogen-bond acceptors (Lipinski definition) is 7. The minimum atomic E-state index is -0.384. The third-order valence-electron chi connectivity index (χ3n) is 4.25. The second kappa shape index (κ2) is 8.74. The molecule has 2 heterocycles. The predicted octanol–water partition coefficient (Wildman–Crippen LogP) is 2.42. The number of ether oxygens (including phenoxy) is 2. The van der Waals surface area contributed by atoms with Gasteiger partial charge in [-0.3, -0.25) is 9.59 Å². The maximum Gasteiger partial charge on any atom is 0.274 e. The average Bonchev–Trinajstić information content (AvgIpc) is 3.38. The molecule has 0 radical (unpaired) electrons. The highest BCUT2D eigenvalue weighted by molar-refractivity contribution is 7.07. The molecule has 3 aromatic rings. The van der Waals surface area contributed by atoms with Crippen molar-refractivity contribution in [3.63, 3.8) is 0 Å². The van der Waals surface area contributed by atoms with E-state index in [1.54, 1.807) is 41.2 Å². The van der Waals surface area contributed by atoms with Gasteiger partial charge in [-0.15, -0.1) is 11.3 Å². The van der Waals surface area contributed by atoms with Crippen LogP contribution in [0.15, 0.2) is 35.5 Å². The first-order chi connectivity index (χ1) is 13.9. The summed E-state index contributed by atoms with van der Waals surface area (Å²) in [5, 5.41) is 4.66. The SMILES string of the molecule is COc1cc(C(=O)N(C)Cc2cscn2)cc(NC(=O)c2cncn2C)c1OC. The Bertz CT molecular complexity index is 1020. The molecule has 0 aliphatic rings. The van der Waals surface area contributed by atoms with Gasteiger partial charge in [0.2, 0.25) is 0 Å². The van der Waals surface area contributed by atoms with Crippen molar-refractivity contribution in [1.82, 2.24) is 19.4 Å². The zero-order chi connectivity index (χ0) is 21.0. The summed E-state index contributed by atoms with van der Waals surface area (Å²) in [5.74, 6) is 0.0307. The number of carbonyl (C=O) groups is 2. The Kier molecular flexibility index (Phi) is 6.13. The van der Waals surface area contributed by atoms with Gasteiger partial charge in [0, 0.05) is 25.0 Å². The van der Waals surface area contributed by atoms with Crippen LogP contribution >= 0.6 is 11.3 Å². The maximum atomic E-state index is 12.9. The van der Waals surface area contributed by atoms with Gasteiger partial charge in [-0.2, -0.15) is 0 Å². The molecule has 0 unspecified atom stereocenters. The normalized spacial score (nSPS) is 10.5. The molecule has 29 heavy (non-hydrogen) atoms. The van der Waals surface area contributed by atoms with Crippen molar-refractivity contribution in [3.8, 4) is 11.5 Å². The number of aromatic nitrogens is 3. The molecular weight excluding hydrogens is 394 g/mol. The Morgan fingerprint density at radius 2 is 2.07 bits per heavy atom. The summed E-state index contributed by atoms with van der Waals surface area (Å²) in [7, 11) is 6.34. The fourth-order valence-electron chi connectivity index (χ4n) is 2.79. The molecule has 1 aromatic carbocycles. The molecule has 0 fully saturated rings. The van der Waals surface area contributed by atoms with E-state index in [0.29, 0.717) is 35.0 Å². The largest absolute Gasteiger partial charge is 0.493 e. The van der Waals surface area contributed by atoms with Gasteiger partial charge in [0.15, 0.2) is 11.5 Å². The van der Waals surface area contributed by atoms with Gasteiger partial charge >= 0.3 is 0 Å². The predicted molar refractivity (Wildman–Crippen MR) is 109 cm³/mol. The van der Waals surface area contributed by atoms with Crippen molar-refractivity contribution in [2.75, 3.05) is 26.6 Å². The van der Waals surface area contributed by atoms with Gasteiger partial charge in [0.1, 0.15) is 5.69 Å². The number of imidazole rings is 1. The molecule has 0 bridgehead atoms. The van der Waals surface area contributed by atoms with Crippen molar-refractivity contribution >= 4 is 28.8 Å². The first-order valence-electron chi connectivity index (χ1n) is 8.60. The lowest BCUT2D eigenvalue weighted by Crippen LogP contribution is -2.26. The van der Waals surface area contributed by atoms with Gasteiger partial charge in [0.25, 0.3) is 11.8 Å². The van der Waals surface area contributed by atoms with E-state index in [2.05, 4.69) is 15.3 Å². The van der Waals surface area contributed by atoms with Gasteiger partial charge in [-0.05, 0) is 12.1 Å². The molecule has 1 N–H and O–H groups in total. The number of aryl methyl sites for hydroxylation is 1. The molecule has 0 saturated heterocycles. The van der Waals surface area contributed by atoms with E-state index in [-0.39, 0.29) is 11.8 Å². The van der Waals surface area contributed by atoms with Crippen molar-refractivity contribution in [2.24, 2.45) is 7.05 Å². The number of nitrogens with one attached hydrogen (secondary N) is 1. The summed E-state index contributed by atoms with van der Waals surface area (Å²) in [6, 6.07) is 3.15. The van der Waals surface area contributed by atoms with E-state index in [4.69, 9.17) is 9.47 Å². The molecule has 0 saturated carbocycles. The second-order valence-electron chi connectivity index (χ2n) is 6.24. The Balaban J connectivity index is 1.92. The van der Waals surface area contributed by atoms with E-state index in [0.717, 1.165) is 5.69 Å². The van der Waals surface area contributed by atoms with Crippen molar-refractivity contribution in [3.05, 3.63) is 52.5 Å². The molecule has 0 aliphatic carbocycles. The zero-order valence-electron chi connectivity index (χ0n) is 16.5. The second-order valence-corrected chi connectivity index (χ2v) is 6.96. The van der Waals surface area contributed by atoms with Gasteiger partial charge < -0.3 is 24.3 Å². The van der Waals surface area contributed by atoms with Crippen molar-refractivity contribution in [2.45, 2.75) is 6.54 Å². The molecule has 0 aliphatic heterocycles. The highest BCUT2D eigenvalue weighted by Gasteiger charge is 2.21. The van der Waals surface area contributed by atoms with Crippen LogP contribution in [0.25, 0.3) is 0 Å². The monoisotopic (exact) mass is 415 g/mol. The molecule has 10 heteroatoms. The molecule has 2 amide bonds. The lowest BCUT2D eigenvalue weighted by Gasteiger charge is -2.19. The molecular formula is C19H21N5O4S. The first-order valence-corrected chi connectivity index (χ1v) is 9.55. The van der Waals surface area contributed by atoms with Crippen LogP contribution in [-0.2, 0) is 13.6 Å². The number of amides is 2. The van der Waals surface area contributed by atoms with E-state index in [1.807, 2.05) is 5.38 Å². The Morgan fingerprint density at radius 3 is 2.66 bits per heavy atom. The number of nitrogens with zero attached hydrogens (tertiary/aromatic N) is 4. The topological polar surface area (TPSA) is 98.6 Å². The lowest BCUT2D eigenvalue weighted by molar-refractivity contribution is 0.0783. The Hall–Kier alpha value is -3.40. The fourth-order valence-corrected chi connectivity index (χ4v) is 3.34. The smallest absolute Gasteiger partial charge is 0.274 e. The Labute approximate surface area is 171 Å².